The molecular weight excluding hydrogens is 314 g/mol. The fourth-order valence-electron chi connectivity index (χ4n) is 2.64. The van der Waals surface area contributed by atoms with Gasteiger partial charge in [-0.2, -0.15) is 0 Å². The monoisotopic (exact) mass is 341 g/mol. The average Bonchev–Trinajstić information content (AvgIpc) is 2.64. The average molecular weight is 341 g/mol. The number of amides is 1. The molecular formula is C21H27NO3. The lowest BCUT2D eigenvalue weighted by atomic mass is 9.96. The molecule has 2 aromatic rings. The molecule has 0 aliphatic rings. The van der Waals surface area contributed by atoms with Crippen LogP contribution in [-0.2, 0) is 4.79 Å². The number of ether oxygens (including phenoxy) is 2. The molecule has 1 unspecified atom stereocenters. The highest BCUT2D eigenvalue weighted by atomic mass is 16.5. The maximum absolute atomic E-state index is 12.2. The van der Waals surface area contributed by atoms with Gasteiger partial charge in [0, 0.05) is 6.42 Å². The van der Waals surface area contributed by atoms with E-state index in [0.717, 1.165) is 17.1 Å². The maximum atomic E-state index is 12.2. The maximum Gasteiger partial charge on any atom is 0.220 e. The molecule has 0 saturated heterocycles. The van der Waals surface area contributed by atoms with Crippen molar-refractivity contribution in [2.24, 2.45) is 5.92 Å². The van der Waals surface area contributed by atoms with E-state index in [0.29, 0.717) is 25.4 Å². The van der Waals surface area contributed by atoms with Gasteiger partial charge in [0.25, 0.3) is 0 Å². The molecule has 0 spiro atoms. The third-order valence-electron chi connectivity index (χ3n) is 4.02. The molecule has 0 aromatic heterocycles. The van der Waals surface area contributed by atoms with Crippen LogP contribution in [0.25, 0.3) is 0 Å². The Morgan fingerprint density at radius 2 is 1.64 bits per heavy atom. The fraction of sp³-hybridized carbons (Fsp3) is 0.381. The highest BCUT2D eigenvalue weighted by Crippen LogP contribution is 2.21. The Bertz CT molecular complexity index is 638. The van der Waals surface area contributed by atoms with Crippen LogP contribution in [0.2, 0.25) is 0 Å². The molecule has 0 fully saturated rings. The molecule has 0 radical (unpaired) electrons. The SMILES string of the molecule is COc1ccc(OCCCC(=O)NC(c2ccccc2)C(C)C)cc1. The lowest BCUT2D eigenvalue weighted by Gasteiger charge is -2.23. The zero-order valence-corrected chi connectivity index (χ0v) is 15.2. The highest BCUT2D eigenvalue weighted by molar-refractivity contribution is 5.76. The van der Waals surface area contributed by atoms with Crippen LogP contribution in [0.4, 0.5) is 0 Å². The molecule has 0 saturated carbocycles. The van der Waals surface area contributed by atoms with Gasteiger partial charge in [-0.1, -0.05) is 44.2 Å². The molecule has 2 aromatic carbocycles. The van der Waals surface area contributed by atoms with Crippen molar-refractivity contribution in [3.05, 3.63) is 60.2 Å². The van der Waals surface area contributed by atoms with E-state index in [9.17, 15) is 4.79 Å². The smallest absolute Gasteiger partial charge is 0.220 e. The standard InChI is InChI=1S/C21H27NO3/c1-16(2)21(17-8-5-4-6-9-17)22-20(23)10-7-15-25-19-13-11-18(24-3)12-14-19/h4-6,8-9,11-14,16,21H,7,10,15H2,1-3H3,(H,22,23). The topological polar surface area (TPSA) is 47.6 Å². The van der Waals surface area contributed by atoms with E-state index in [4.69, 9.17) is 9.47 Å². The quantitative estimate of drug-likeness (QED) is 0.689. The van der Waals surface area contributed by atoms with Gasteiger partial charge in [0.15, 0.2) is 0 Å². The van der Waals surface area contributed by atoms with E-state index in [1.165, 1.54) is 0 Å². The van der Waals surface area contributed by atoms with Gasteiger partial charge in [0.2, 0.25) is 5.91 Å². The summed E-state index contributed by atoms with van der Waals surface area (Å²) in [6, 6.07) is 17.6. The van der Waals surface area contributed by atoms with E-state index in [2.05, 4.69) is 31.3 Å². The summed E-state index contributed by atoms with van der Waals surface area (Å²) in [6.07, 6.45) is 1.13. The van der Waals surface area contributed by atoms with E-state index < -0.39 is 0 Å². The molecule has 1 amide bonds. The first-order valence-corrected chi connectivity index (χ1v) is 8.71. The number of hydrogen-bond donors (Lipinski definition) is 1. The van der Waals surface area contributed by atoms with Crippen LogP contribution >= 0.6 is 0 Å². The van der Waals surface area contributed by atoms with E-state index in [1.807, 2.05) is 42.5 Å². The van der Waals surface area contributed by atoms with Gasteiger partial charge >= 0.3 is 0 Å². The Morgan fingerprint density at radius 1 is 1.00 bits per heavy atom. The van der Waals surface area contributed by atoms with Crippen molar-refractivity contribution >= 4 is 5.91 Å². The predicted octanol–water partition coefficient (Wildman–Crippen LogP) is 4.37. The molecule has 4 nitrogen and oxygen atoms in total. The van der Waals surface area contributed by atoms with Crippen molar-refractivity contribution in [1.82, 2.24) is 5.32 Å². The summed E-state index contributed by atoms with van der Waals surface area (Å²) < 4.78 is 10.8. The predicted molar refractivity (Wildman–Crippen MR) is 99.9 cm³/mol. The van der Waals surface area contributed by atoms with Gasteiger partial charge in [-0.25, -0.2) is 0 Å². The second-order valence-electron chi connectivity index (χ2n) is 6.33. The number of nitrogens with one attached hydrogen (secondary N) is 1. The van der Waals surface area contributed by atoms with E-state index >= 15 is 0 Å². The van der Waals surface area contributed by atoms with Crippen LogP contribution in [0.5, 0.6) is 11.5 Å². The fourth-order valence-corrected chi connectivity index (χ4v) is 2.64. The van der Waals surface area contributed by atoms with E-state index in [-0.39, 0.29) is 11.9 Å². The molecule has 0 aliphatic carbocycles. The van der Waals surface area contributed by atoms with Gasteiger partial charge in [-0.3, -0.25) is 4.79 Å². The lowest BCUT2D eigenvalue weighted by Crippen LogP contribution is -2.31. The Kier molecular flexibility index (Phi) is 7.33. The highest BCUT2D eigenvalue weighted by Gasteiger charge is 2.17. The first-order chi connectivity index (χ1) is 12.1. The third kappa shape index (κ3) is 6.14. The van der Waals surface area contributed by atoms with Gasteiger partial charge in [0.1, 0.15) is 11.5 Å². The van der Waals surface area contributed by atoms with Gasteiger partial charge in [-0.15, -0.1) is 0 Å². The minimum Gasteiger partial charge on any atom is -0.497 e. The molecule has 0 bridgehead atoms. The lowest BCUT2D eigenvalue weighted by molar-refractivity contribution is -0.122. The molecule has 134 valence electrons. The van der Waals surface area contributed by atoms with Crippen molar-refractivity contribution in [3.63, 3.8) is 0 Å². The van der Waals surface area contributed by atoms with Crippen LogP contribution in [0.3, 0.4) is 0 Å². The summed E-state index contributed by atoms with van der Waals surface area (Å²) in [4.78, 5) is 12.2. The molecule has 1 N–H and O–H groups in total. The van der Waals surface area contributed by atoms with Crippen molar-refractivity contribution in [3.8, 4) is 11.5 Å². The number of benzene rings is 2. The second-order valence-corrected chi connectivity index (χ2v) is 6.33. The molecule has 0 aliphatic heterocycles. The van der Waals surface area contributed by atoms with Crippen LogP contribution in [0, 0.1) is 5.92 Å². The van der Waals surface area contributed by atoms with Crippen LogP contribution in [-0.4, -0.2) is 19.6 Å². The molecule has 1 atom stereocenters. The number of rotatable bonds is 9. The van der Waals surface area contributed by atoms with Gasteiger partial charge in [-0.05, 0) is 42.2 Å². The van der Waals surface area contributed by atoms with Crippen LogP contribution < -0.4 is 14.8 Å². The van der Waals surface area contributed by atoms with Crippen LogP contribution in [0.15, 0.2) is 54.6 Å². The Morgan fingerprint density at radius 3 is 2.24 bits per heavy atom. The minimum atomic E-state index is 0.0382. The summed E-state index contributed by atoms with van der Waals surface area (Å²) >= 11 is 0. The first kappa shape index (κ1) is 18.8. The summed E-state index contributed by atoms with van der Waals surface area (Å²) in [6.45, 7) is 4.74. The second kappa shape index (κ2) is 9.72. The normalized spacial score (nSPS) is 11.8. The van der Waals surface area contributed by atoms with Crippen molar-refractivity contribution < 1.29 is 14.3 Å². The molecule has 25 heavy (non-hydrogen) atoms. The van der Waals surface area contributed by atoms with Gasteiger partial charge in [0.05, 0.1) is 19.8 Å². The van der Waals surface area contributed by atoms with E-state index in [1.54, 1.807) is 7.11 Å². The molecule has 2 rings (SSSR count). The summed E-state index contributed by atoms with van der Waals surface area (Å²) in [5.41, 5.74) is 1.14. The zero-order chi connectivity index (χ0) is 18.1. The van der Waals surface area contributed by atoms with Crippen LogP contribution in [0.1, 0.15) is 38.3 Å². The summed E-state index contributed by atoms with van der Waals surface area (Å²) in [5.74, 6) is 1.97. The van der Waals surface area contributed by atoms with Crippen molar-refractivity contribution in [2.75, 3.05) is 13.7 Å². The van der Waals surface area contributed by atoms with Crippen molar-refractivity contribution in [2.45, 2.75) is 32.7 Å². The zero-order valence-electron chi connectivity index (χ0n) is 15.2. The third-order valence-corrected chi connectivity index (χ3v) is 4.02. The number of carbonyl (C=O) groups excluding carboxylic acids is 1. The van der Waals surface area contributed by atoms with Crippen molar-refractivity contribution in [1.29, 1.82) is 0 Å². The summed E-state index contributed by atoms with van der Waals surface area (Å²) in [7, 11) is 1.63. The Hall–Kier alpha value is -2.49. The minimum absolute atomic E-state index is 0.0382. The number of carbonyl (C=O) groups is 1. The number of hydrogen-bond acceptors (Lipinski definition) is 3. The first-order valence-electron chi connectivity index (χ1n) is 8.71. The Balaban J connectivity index is 1.75. The number of methoxy groups -OCH3 is 1. The van der Waals surface area contributed by atoms with Gasteiger partial charge < -0.3 is 14.8 Å². The molecule has 0 heterocycles. The summed E-state index contributed by atoms with van der Waals surface area (Å²) in [5, 5.41) is 3.14. The Labute approximate surface area is 150 Å². The molecule has 4 heteroatoms. The largest absolute Gasteiger partial charge is 0.497 e.